The molecule has 1 nitrogen and oxygen atoms in total. The summed E-state index contributed by atoms with van der Waals surface area (Å²) in [6, 6.07) is 40.7. The van der Waals surface area contributed by atoms with Gasteiger partial charge in [-0.3, -0.25) is 0 Å². The molecule has 0 radical (unpaired) electrons. The van der Waals surface area contributed by atoms with E-state index in [0.29, 0.717) is 0 Å². The Kier molecular flexibility index (Phi) is 3.88. The molecule has 0 bridgehead atoms. The van der Waals surface area contributed by atoms with Crippen molar-refractivity contribution >= 4 is 33.5 Å². The van der Waals surface area contributed by atoms with Crippen LogP contribution in [0.25, 0.3) is 33.1 Å². The molecule has 0 saturated carbocycles. The highest BCUT2D eigenvalue weighted by molar-refractivity contribution is 6.30. The number of rotatable bonds is 2. The summed E-state index contributed by atoms with van der Waals surface area (Å²) in [5, 5.41) is 3.01. The summed E-state index contributed by atoms with van der Waals surface area (Å²) in [7, 11) is 0. The zero-order valence-corrected chi connectivity index (χ0v) is 18.5. The second-order valence-electron chi connectivity index (χ2n) is 8.66. The summed E-state index contributed by atoms with van der Waals surface area (Å²) in [5.74, 6) is 0. The van der Waals surface area contributed by atoms with Gasteiger partial charge >= 0.3 is 0 Å². The number of fused-ring (bicyclic) bond motifs is 6. The van der Waals surface area contributed by atoms with E-state index in [2.05, 4.69) is 97.1 Å². The fourth-order valence-corrected chi connectivity index (χ4v) is 5.86. The minimum absolute atomic E-state index is 0.468. The summed E-state index contributed by atoms with van der Waals surface area (Å²) in [4.78, 5) is 0. The van der Waals surface area contributed by atoms with Crippen molar-refractivity contribution in [3.05, 3.63) is 143 Å². The van der Waals surface area contributed by atoms with Crippen molar-refractivity contribution in [3.8, 4) is 11.1 Å². The highest BCUT2D eigenvalue weighted by atomic mass is 35.5. The highest BCUT2D eigenvalue weighted by Gasteiger charge is 2.46. The Morgan fingerprint density at radius 3 is 2.15 bits per heavy atom. The largest absolute Gasteiger partial charge is 0.456 e. The average molecular weight is 443 g/mol. The Labute approximate surface area is 196 Å². The normalized spacial score (nSPS) is 16.8. The van der Waals surface area contributed by atoms with Crippen LogP contribution in [0.1, 0.15) is 22.3 Å². The average Bonchev–Trinajstić information content (AvgIpc) is 3.38. The number of furan rings is 1. The van der Waals surface area contributed by atoms with Gasteiger partial charge in [-0.1, -0.05) is 96.5 Å². The number of hydrogen-bond acceptors (Lipinski definition) is 1. The van der Waals surface area contributed by atoms with Gasteiger partial charge in [0.05, 0.1) is 5.41 Å². The van der Waals surface area contributed by atoms with Gasteiger partial charge in [0.2, 0.25) is 0 Å². The van der Waals surface area contributed by atoms with Crippen molar-refractivity contribution in [1.82, 2.24) is 0 Å². The molecule has 1 aromatic heterocycles. The second kappa shape index (κ2) is 6.84. The third-order valence-corrected chi connectivity index (χ3v) is 7.26. The third kappa shape index (κ3) is 2.49. The molecule has 1 aliphatic carbocycles. The zero-order valence-electron chi connectivity index (χ0n) is 17.8. The maximum Gasteiger partial charge on any atom is 0.135 e. The van der Waals surface area contributed by atoms with Crippen molar-refractivity contribution in [2.45, 2.75) is 5.41 Å². The van der Waals surface area contributed by atoms with Crippen LogP contribution in [0.3, 0.4) is 0 Å². The van der Waals surface area contributed by atoms with Crippen molar-refractivity contribution in [1.29, 1.82) is 0 Å². The first kappa shape index (κ1) is 18.7. The standard InChI is InChI=1S/C31H19ClO/c32-22-15-16-24-23-10-4-6-12-27(23)31(28(24)19-22,20-8-2-1-3-9-20)21-14-17-30-26(18-21)25-11-5-7-13-29(25)33-30/h1-19H. The molecule has 6 aromatic rings. The number of halogens is 1. The summed E-state index contributed by atoms with van der Waals surface area (Å²) in [5.41, 5.74) is 8.77. The molecule has 33 heavy (non-hydrogen) atoms. The Bertz CT molecular complexity index is 1680. The molecule has 1 unspecified atom stereocenters. The fourth-order valence-electron chi connectivity index (χ4n) is 5.69. The lowest BCUT2D eigenvalue weighted by atomic mass is 9.67. The van der Waals surface area contributed by atoms with Crippen LogP contribution < -0.4 is 0 Å². The topological polar surface area (TPSA) is 13.1 Å². The monoisotopic (exact) mass is 442 g/mol. The lowest BCUT2D eigenvalue weighted by Crippen LogP contribution is -2.28. The summed E-state index contributed by atoms with van der Waals surface area (Å²) < 4.78 is 6.15. The van der Waals surface area contributed by atoms with Crippen molar-refractivity contribution in [2.75, 3.05) is 0 Å². The van der Waals surface area contributed by atoms with Crippen LogP contribution in [-0.2, 0) is 5.41 Å². The van der Waals surface area contributed by atoms with Gasteiger partial charge in [-0.15, -0.1) is 0 Å². The second-order valence-corrected chi connectivity index (χ2v) is 9.10. The van der Waals surface area contributed by atoms with E-state index >= 15 is 0 Å². The minimum atomic E-state index is -0.468. The maximum atomic E-state index is 6.61. The predicted molar refractivity (Wildman–Crippen MR) is 136 cm³/mol. The van der Waals surface area contributed by atoms with E-state index in [4.69, 9.17) is 16.0 Å². The Balaban J connectivity index is 1.66. The van der Waals surface area contributed by atoms with Gasteiger partial charge in [-0.2, -0.15) is 0 Å². The van der Waals surface area contributed by atoms with Gasteiger partial charge in [0.25, 0.3) is 0 Å². The quantitative estimate of drug-likeness (QED) is 0.261. The maximum absolute atomic E-state index is 6.61. The Morgan fingerprint density at radius 2 is 1.24 bits per heavy atom. The first-order valence-electron chi connectivity index (χ1n) is 11.1. The molecule has 2 heteroatoms. The van der Waals surface area contributed by atoms with Gasteiger partial charge < -0.3 is 4.42 Å². The van der Waals surface area contributed by atoms with E-state index < -0.39 is 5.41 Å². The van der Waals surface area contributed by atoms with Crippen LogP contribution in [0.5, 0.6) is 0 Å². The molecule has 0 N–H and O–H groups in total. The van der Waals surface area contributed by atoms with E-state index in [-0.39, 0.29) is 0 Å². The highest BCUT2D eigenvalue weighted by Crippen LogP contribution is 2.56. The molecule has 7 rings (SSSR count). The lowest BCUT2D eigenvalue weighted by molar-refractivity contribution is 0.668. The summed E-state index contributed by atoms with van der Waals surface area (Å²) in [6.45, 7) is 0. The van der Waals surface area contributed by atoms with E-state index in [1.165, 1.54) is 33.4 Å². The molecule has 1 heterocycles. The lowest BCUT2D eigenvalue weighted by Gasteiger charge is -2.34. The van der Waals surface area contributed by atoms with E-state index in [1.54, 1.807) is 0 Å². The fraction of sp³-hybridized carbons (Fsp3) is 0.0323. The predicted octanol–water partition coefficient (Wildman–Crippen LogP) is 8.60. The molecule has 0 aliphatic heterocycles. The van der Waals surface area contributed by atoms with E-state index in [0.717, 1.165) is 27.0 Å². The van der Waals surface area contributed by atoms with Crippen molar-refractivity contribution < 1.29 is 4.42 Å². The Hall–Kier alpha value is -3.81. The molecular weight excluding hydrogens is 424 g/mol. The van der Waals surface area contributed by atoms with Crippen molar-refractivity contribution in [2.24, 2.45) is 0 Å². The SMILES string of the molecule is Clc1ccc2c(c1)C(c1ccccc1)(c1ccc3oc4ccccc4c3c1)c1ccccc1-2. The van der Waals surface area contributed by atoms with Crippen LogP contribution in [0.2, 0.25) is 5.02 Å². The van der Waals surface area contributed by atoms with Crippen molar-refractivity contribution in [3.63, 3.8) is 0 Å². The van der Waals surface area contributed by atoms with Gasteiger partial charge in [0.1, 0.15) is 11.2 Å². The number of hydrogen-bond donors (Lipinski definition) is 0. The van der Waals surface area contributed by atoms with Gasteiger partial charge in [0, 0.05) is 15.8 Å². The van der Waals surface area contributed by atoms with Gasteiger partial charge in [-0.25, -0.2) is 0 Å². The minimum Gasteiger partial charge on any atom is -0.456 e. The molecule has 1 atom stereocenters. The zero-order chi connectivity index (χ0) is 22.0. The summed E-state index contributed by atoms with van der Waals surface area (Å²) >= 11 is 6.61. The van der Waals surface area contributed by atoms with Crippen LogP contribution in [0.15, 0.2) is 120 Å². The Morgan fingerprint density at radius 1 is 0.515 bits per heavy atom. The van der Waals surface area contributed by atoms with Crippen LogP contribution >= 0.6 is 11.6 Å². The number of benzene rings is 5. The molecular formula is C31H19ClO. The van der Waals surface area contributed by atoms with Crippen LogP contribution in [-0.4, -0.2) is 0 Å². The molecule has 0 amide bonds. The van der Waals surface area contributed by atoms with Crippen LogP contribution in [0, 0.1) is 0 Å². The molecule has 5 aromatic carbocycles. The molecule has 156 valence electrons. The molecule has 0 fully saturated rings. The molecule has 0 saturated heterocycles. The van der Waals surface area contributed by atoms with Gasteiger partial charge in [-0.05, 0) is 63.7 Å². The van der Waals surface area contributed by atoms with E-state index in [1.807, 2.05) is 18.2 Å². The first-order chi connectivity index (χ1) is 16.3. The van der Waals surface area contributed by atoms with Gasteiger partial charge in [0.15, 0.2) is 0 Å². The first-order valence-corrected chi connectivity index (χ1v) is 11.5. The molecule has 0 spiro atoms. The summed E-state index contributed by atoms with van der Waals surface area (Å²) in [6.07, 6.45) is 0. The third-order valence-electron chi connectivity index (χ3n) is 7.02. The smallest absolute Gasteiger partial charge is 0.135 e. The molecule has 1 aliphatic rings. The van der Waals surface area contributed by atoms with Crippen LogP contribution in [0.4, 0.5) is 0 Å². The van der Waals surface area contributed by atoms with E-state index in [9.17, 15) is 0 Å². The number of para-hydroxylation sites is 1.